The Morgan fingerprint density at radius 1 is 1.13 bits per heavy atom. The van der Waals surface area contributed by atoms with Crippen molar-refractivity contribution in [3.05, 3.63) is 72.3 Å². The molecule has 2 rings (SSSR count). The van der Waals surface area contributed by atoms with Crippen molar-refractivity contribution in [2.24, 2.45) is 0 Å². The summed E-state index contributed by atoms with van der Waals surface area (Å²) in [5.41, 5.74) is 2.57. The summed E-state index contributed by atoms with van der Waals surface area (Å²) in [5, 5.41) is 20.2. The second-order valence-corrected chi connectivity index (χ2v) is 6.00. The Morgan fingerprint density at radius 2 is 1.90 bits per heavy atom. The summed E-state index contributed by atoms with van der Waals surface area (Å²) in [4.78, 5) is 23.8. The van der Waals surface area contributed by atoms with Crippen molar-refractivity contribution in [1.82, 2.24) is 5.48 Å². The summed E-state index contributed by atoms with van der Waals surface area (Å²) in [7, 11) is 1.39. The molecule has 0 aliphatic heterocycles. The van der Waals surface area contributed by atoms with Crippen LogP contribution in [0.3, 0.4) is 0 Å². The van der Waals surface area contributed by atoms with Gasteiger partial charge in [0.25, 0.3) is 5.91 Å². The van der Waals surface area contributed by atoms with E-state index < -0.39 is 24.2 Å². The molecule has 2 amide bonds. The van der Waals surface area contributed by atoms with Gasteiger partial charge >= 0.3 is 6.09 Å². The van der Waals surface area contributed by atoms with Crippen molar-refractivity contribution in [2.75, 3.05) is 25.6 Å². The number of amides is 2. The Balaban J connectivity index is 2.27. The maximum Gasteiger partial charge on any atom is 0.412 e. The lowest BCUT2D eigenvalue weighted by Crippen LogP contribution is -2.27. The molecule has 0 aromatic heterocycles. The van der Waals surface area contributed by atoms with Crippen molar-refractivity contribution in [3.63, 3.8) is 0 Å². The van der Waals surface area contributed by atoms with E-state index in [1.165, 1.54) is 18.7 Å². The van der Waals surface area contributed by atoms with Gasteiger partial charge in [-0.3, -0.25) is 15.3 Å². The lowest BCUT2D eigenvalue weighted by atomic mass is 10.0. The van der Waals surface area contributed by atoms with Crippen LogP contribution in [0.25, 0.3) is 0 Å². The maximum atomic E-state index is 12.5. The van der Waals surface area contributed by atoms with Crippen molar-refractivity contribution in [2.45, 2.75) is 12.2 Å². The number of hydrogen-bond donors (Lipinski definition) is 4. The SMILES string of the molecule is CO[C@@H](/C=C/C(=O)NO)[C@@H](OC(=O)Nc1ccccc1)c1cccc(OCCO)c1. The highest BCUT2D eigenvalue weighted by Gasteiger charge is 2.26. The number of anilines is 1. The van der Waals surface area contributed by atoms with Crippen molar-refractivity contribution in [3.8, 4) is 5.75 Å². The number of hydroxylamine groups is 1. The van der Waals surface area contributed by atoms with E-state index in [2.05, 4.69) is 5.32 Å². The fraction of sp³-hybridized carbons (Fsp3) is 0.238. The molecule has 2 aromatic rings. The van der Waals surface area contributed by atoms with Crippen LogP contribution >= 0.6 is 0 Å². The molecule has 0 heterocycles. The van der Waals surface area contributed by atoms with E-state index in [1.807, 2.05) is 6.07 Å². The minimum atomic E-state index is -0.945. The van der Waals surface area contributed by atoms with E-state index in [-0.39, 0.29) is 13.2 Å². The molecule has 0 bridgehead atoms. The first-order chi connectivity index (χ1) is 14.6. The summed E-state index contributed by atoms with van der Waals surface area (Å²) >= 11 is 0. The van der Waals surface area contributed by atoms with Gasteiger partial charge in [0.15, 0.2) is 6.10 Å². The average Bonchev–Trinajstić information content (AvgIpc) is 2.77. The molecule has 9 nitrogen and oxygen atoms in total. The number of carbonyl (C=O) groups excluding carboxylic acids is 2. The first-order valence-electron chi connectivity index (χ1n) is 9.08. The smallest absolute Gasteiger partial charge is 0.412 e. The molecule has 0 fully saturated rings. The molecule has 0 spiro atoms. The lowest BCUT2D eigenvalue weighted by molar-refractivity contribution is -0.124. The van der Waals surface area contributed by atoms with E-state index >= 15 is 0 Å². The fourth-order valence-electron chi connectivity index (χ4n) is 2.58. The number of benzene rings is 2. The van der Waals surface area contributed by atoms with Gasteiger partial charge in [-0.15, -0.1) is 0 Å². The first-order valence-corrected chi connectivity index (χ1v) is 9.08. The third-order valence-electron chi connectivity index (χ3n) is 3.92. The molecule has 2 atom stereocenters. The minimum Gasteiger partial charge on any atom is -0.491 e. The predicted octanol–water partition coefficient (Wildman–Crippen LogP) is 2.42. The summed E-state index contributed by atoms with van der Waals surface area (Å²) < 4.78 is 16.4. The fourth-order valence-corrected chi connectivity index (χ4v) is 2.58. The maximum absolute atomic E-state index is 12.5. The predicted molar refractivity (Wildman–Crippen MR) is 108 cm³/mol. The number of carbonyl (C=O) groups is 2. The van der Waals surface area contributed by atoms with Gasteiger partial charge in [0.05, 0.1) is 6.61 Å². The third-order valence-corrected chi connectivity index (χ3v) is 3.92. The highest BCUT2D eigenvalue weighted by atomic mass is 16.6. The van der Waals surface area contributed by atoms with Crippen LogP contribution in [0.2, 0.25) is 0 Å². The van der Waals surface area contributed by atoms with Crippen LogP contribution in [0.4, 0.5) is 10.5 Å². The van der Waals surface area contributed by atoms with Crippen molar-refractivity contribution in [1.29, 1.82) is 0 Å². The Morgan fingerprint density at radius 3 is 2.57 bits per heavy atom. The molecule has 0 saturated carbocycles. The zero-order valence-electron chi connectivity index (χ0n) is 16.4. The number of methoxy groups -OCH3 is 1. The normalized spacial score (nSPS) is 12.8. The highest BCUT2D eigenvalue weighted by Crippen LogP contribution is 2.28. The van der Waals surface area contributed by atoms with Crippen LogP contribution in [-0.2, 0) is 14.3 Å². The van der Waals surface area contributed by atoms with Crippen LogP contribution < -0.4 is 15.5 Å². The van der Waals surface area contributed by atoms with Gasteiger partial charge in [0.2, 0.25) is 0 Å². The van der Waals surface area contributed by atoms with Gasteiger partial charge in [0, 0.05) is 18.9 Å². The topological polar surface area (TPSA) is 126 Å². The number of aliphatic hydroxyl groups is 1. The van der Waals surface area contributed by atoms with E-state index in [4.69, 9.17) is 24.5 Å². The Labute approximate surface area is 173 Å². The molecule has 4 N–H and O–H groups in total. The van der Waals surface area contributed by atoms with E-state index in [9.17, 15) is 9.59 Å². The highest BCUT2D eigenvalue weighted by molar-refractivity contribution is 5.86. The van der Waals surface area contributed by atoms with Gasteiger partial charge in [-0.25, -0.2) is 10.3 Å². The summed E-state index contributed by atoms with van der Waals surface area (Å²) in [5.74, 6) is -0.296. The Bertz CT molecular complexity index is 842. The van der Waals surface area contributed by atoms with Gasteiger partial charge in [0.1, 0.15) is 18.5 Å². The average molecular weight is 416 g/mol. The number of ether oxygens (including phenoxy) is 3. The van der Waals surface area contributed by atoms with E-state index in [0.717, 1.165) is 6.08 Å². The van der Waals surface area contributed by atoms with Gasteiger partial charge in [-0.2, -0.15) is 0 Å². The van der Waals surface area contributed by atoms with Crippen LogP contribution in [0.5, 0.6) is 5.75 Å². The minimum absolute atomic E-state index is 0.105. The van der Waals surface area contributed by atoms with Crippen molar-refractivity contribution < 1.29 is 34.1 Å². The largest absolute Gasteiger partial charge is 0.491 e. The zero-order chi connectivity index (χ0) is 21.8. The standard InChI is InChI=1S/C21H24N2O7/c1-28-18(10-11-19(25)23-27)20(15-6-5-9-17(14-15)29-13-12-24)30-21(26)22-16-7-3-2-4-8-16/h2-11,14,18,20,24,27H,12-13H2,1H3,(H,22,26)(H,23,25)/b11-10+/t18-,20-/m0/s1. The van der Waals surface area contributed by atoms with Crippen LogP contribution in [-0.4, -0.2) is 48.7 Å². The van der Waals surface area contributed by atoms with Gasteiger partial charge in [-0.05, 0) is 35.9 Å². The zero-order valence-corrected chi connectivity index (χ0v) is 16.4. The number of para-hydroxylation sites is 1. The van der Waals surface area contributed by atoms with Crippen LogP contribution in [0.1, 0.15) is 11.7 Å². The third kappa shape index (κ3) is 7.21. The molecule has 0 aliphatic carbocycles. The Kier molecular flexibility index (Phi) is 9.32. The van der Waals surface area contributed by atoms with E-state index in [0.29, 0.717) is 17.0 Å². The van der Waals surface area contributed by atoms with Crippen molar-refractivity contribution >= 4 is 17.7 Å². The second-order valence-electron chi connectivity index (χ2n) is 6.00. The molecule has 160 valence electrons. The number of rotatable bonds is 10. The molecular weight excluding hydrogens is 392 g/mol. The monoisotopic (exact) mass is 416 g/mol. The molecular formula is C21H24N2O7. The number of aliphatic hydroxyl groups excluding tert-OH is 1. The second kappa shape index (κ2) is 12.2. The molecule has 2 aromatic carbocycles. The lowest BCUT2D eigenvalue weighted by Gasteiger charge is -2.25. The molecule has 9 heteroatoms. The van der Waals surface area contributed by atoms with E-state index in [1.54, 1.807) is 48.5 Å². The number of nitrogens with one attached hydrogen (secondary N) is 2. The summed E-state index contributed by atoms with van der Waals surface area (Å²) in [6, 6.07) is 15.5. The molecule has 0 radical (unpaired) electrons. The first kappa shape index (κ1) is 22.9. The molecule has 30 heavy (non-hydrogen) atoms. The summed E-state index contributed by atoms with van der Waals surface area (Å²) in [6.45, 7) is -0.0445. The Hall–Kier alpha value is -3.40. The van der Waals surface area contributed by atoms with Crippen LogP contribution in [0, 0.1) is 0 Å². The van der Waals surface area contributed by atoms with Gasteiger partial charge < -0.3 is 19.3 Å². The molecule has 0 aliphatic rings. The quantitative estimate of drug-likeness (QED) is 0.266. The van der Waals surface area contributed by atoms with Crippen LogP contribution in [0.15, 0.2) is 66.7 Å². The molecule has 0 saturated heterocycles. The summed E-state index contributed by atoms with van der Waals surface area (Å²) in [6.07, 6.45) is -0.107. The molecule has 0 unspecified atom stereocenters. The number of hydrogen-bond acceptors (Lipinski definition) is 7. The van der Waals surface area contributed by atoms with Gasteiger partial charge in [-0.1, -0.05) is 30.3 Å².